The molecule has 0 spiro atoms. The number of aryl methyl sites for hydroxylation is 2. The molecule has 32 heavy (non-hydrogen) atoms. The van der Waals surface area contributed by atoms with Crippen LogP contribution in [-0.2, 0) is 29.6 Å². The Labute approximate surface area is 189 Å². The molecule has 2 aromatic rings. The van der Waals surface area contributed by atoms with Crippen LogP contribution in [0.15, 0.2) is 58.3 Å². The van der Waals surface area contributed by atoms with E-state index >= 15 is 0 Å². The topological polar surface area (TPSA) is 126 Å². The Morgan fingerprint density at radius 3 is 1.22 bits per heavy atom. The van der Waals surface area contributed by atoms with E-state index in [-0.39, 0.29) is 22.6 Å². The van der Waals surface area contributed by atoms with Crippen molar-refractivity contribution in [3.63, 3.8) is 0 Å². The van der Waals surface area contributed by atoms with Gasteiger partial charge in [0.25, 0.3) is 20.0 Å². The van der Waals surface area contributed by atoms with Crippen LogP contribution in [0, 0.1) is 13.8 Å². The van der Waals surface area contributed by atoms with Crippen LogP contribution < -0.4 is 9.44 Å². The fourth-order valence-corrected chi connectivity index (χ4v) is 4.91. The van der Waals surface area contributed by atoms with E-state index in [0.717, 1.165) is 11.1 Å². The molecule has 0 fully saturated rings. The Bertz CT molecular complexity index is 1050. The standard InChI is InChI=1S/C22H28N2O6S2/c1-17-9-13-19(14-10-17)31(27,28)23-21(25)7-5-3-4-6-8-22(26)24-32(29,30)20-15-11-18(2)12-16-20/h9-16H,3-8H2,1-2H3,(H,23,25)(H,24,26). The van der Waals surface area contributed by atoms with Crippen molar-refractivity contribution in [3.05, 3.63) is 59.7 Å². The summed E-state index contributed by atoms with van der Waals surface area (Å²) in [5.41, 5.74) is 1.83. The van der Waals surface area contributed by atoms with E-state index in [2.05, 4.69) is 0 Å². The number of sulfonamides is 2. The minimum Gasteiger partial charge on any atom is -0.274 e. The highest BCUT2D eigenvalue weighted by Gasteiger charge is 2.18. The normalized spacial score (nSPS) is 11.7. The van der Waals surface area contributed by atoms with Gasteiger partial charge in [-0.25, -0.2) is 26.3 Å². The largest absolute Gasteiger partial charge is 0.274 e. The highest BCUT2D eigenvalue weighted by atomic mass is 32.2. The fourth-order valence-electron chi connectivity index (χ4n) is 2.88. The van der Waals surface area contributed by atoms with Gasteiger partial charge in [-0.15, -0.1) is 0 Å². The van der Waals surface area contributed by atoms with E-state index in [4.69, 9.17) is 0 Å². The van der Waals surface area contributed by atoms with Crippen LogP contribution in [0.4, 0.5) is 0 Å². The number of carbonyl (C=O) groups is 2. The Morgan fingerprint density at radius 1 is 0.594 bits per heavy atom. The van der Waals surface area contributed by atoms with E-state index < -0.39 is 31.9 Å². The molecule has 8 nitrogen and oxygen atoms in total. The summed E-state index contributed by atoms with van der Waals surface area (Å²) in [5.74, 6) is -1.18. The number of amides is 2. The lowest BCUT2D eigenvalue weighted by atomic mass is 10.1. The lowest BCUT2D eigenvalue weighted by Crippen LogP contribution is -2.30. The van der Waals surface area contributed by atoms with Gasteiger partial charge in [0.05, 0.1) is 9.79 Å². The molecule has 10 heteroatoms. The first-order valence-electron chi connectivity index (χ1n) is 10.2. The Kier molecular flexibility index (Phi) is 8.97. The molecule has 0 aliphatic heterocycles. The second-order valence-electron chi connectivity index (χ2n) is 7.60. The van der Waals surface area contributed by atoms with Crippen molar-refractivity contribution in [2.75, 3.05) is 0 Å². The van der Waals surface area contributed by atoms with Gasteiger partial charge in [0.15, 0.2) is 0 Å². The van der Waals surface area contributed by atoms with Gasteiger partial charge in [-0.1, -0.05) is 48.2 Å². The zero-order valence-electron chi connectivity index (χ0n) is 18.1. The molecule has 0 atom stereocenters. The quantitative estimate of drug-likeness (QED) is 0.476. The van der Waals surface area contributed by atoms with Crippen LogP contribution in [0.3, 0.4) is 0 Å². The summed E-state index contributed by atoms with van der Waals surface area (Å²) in [6.07, 6.45) is 2.21. The van der Waals surface area contributed by atoms with Gasteiger partial charge in [0.2, 0.25) is 11.8 Å². The Balaban J connectivity index is 1.66. The molecule has 0 unspecified atom stereocenters. The van der Waals surface area contributed by atoms with Crippen LogP contribution in [0.1, 0.15) is 49.7 Å². The maximum atomic E-state index is 12.2. The van der Waals surface area contributed by atoms with Gasteiger partial charge in [-0.2, -0.15) is 0 Å². The summed E-state index contributed by atoms with van der Waals surface area (Å²) >= 11 is 0. The third-order valence-electron chi connectivity index (χ3n) is 4.72. The van der Waals surface area contributed by atoms with Gasteiger partial charge in [-0.05, 0) is 51.0 Å². The summed E-state index contributed by atoms with van der Waals surface area (Å²) in [4.78, 5) is 23.9. The minimum absolute atomic E-state index is 0.0306. The summed E-state index contributed by atoms with van der Waals surface area (Å²) in [7, 11) is -7.77. The van der Waals surface area contributed by atoms with Crippen molar-refractivity contribution in [1.29, 1.82) is 0 Å². The molecule has 2 N–H and O–H groups in total. The molecule has 0 saturated carbocycles. The zero-order chi connectivity index (χ0) is 23.8. The Hall–Kier alpha value is -2.72. The second kappa shape index (κ2) is 11.2. The molecule has 174 valence electrons. The molecule has 0 heterocycles. The molecule has 0 aliphatic carbocycles. The summed E-state index contributed by atoms with van der Waals surface area (Å²) < 4.78 is 52.8. The van der Waals surface area contributed by atoms with Crippen LogP contribution in [0.2, 0.25) is 0 Å². The molecule has 2 amide bonds. The van der Waals surface area contributed by atoms with Gasteiger partial charge >= 0.3 is 0 Å². The number of hydrogen-bond donors (Lipinski definition) is 2. The van der Waals surface area contributed by atoms with Crippen molar-refractivity contribution in [2.24, 2.45) is 0 Å². The van der Waals surface area contributed by atoms with E-state index in [1.54, 1.807) is 24.3 Å². The molecular formula is C22H28N2O6S2. The predicted octanol–water partition coefficient (Wildman–Crippen LogP) is 2.95. The average molecular weight is 481 g/mol. The average Bonchev–Trinajstić information content (AvgIpc) is 2.70. The zero-order valence-corrected chi connectivity index (χ0v) is 19.8. The van der Waals surface area contributed by atoms with Crippen molar-refractivity contribution >= 4 is 31.9 Å². The van der Waals surface area contributed by atoms with E-state index in [1.165, 1.54) is 24.3 Å². The summed E-state index contributed by atoms with van der Waals surface area (Å²) in [6.45, 7) is 3.67. The van der Waals surface area contributed by atoms with Gasteiger partial charge in [-0.3, -0.25) is 9.59 Å². The maximum absolute atomic E-state index is 12.2. The first-order valence-corrected chi connectivity index (χ1v) is 13.2. The molecule has 2 rings (SSSR count). The lowest BCUT2D eigenvalue weighted by molar-refractivity contribution is -0.120. The van der Waals surface area contributed by atoms with Gasteiger partial charge in [0.1, 0.15) is 0 Å². The Morgan fingerprint density at radius 2 is 0.906 bits per heavy atom. The van der Waals surface area contributed by atoms with Crippen molar-refractivity contribution in [3.8, 4) is 0 Å². The number of rotatable bonds is 11. The van der Waals surface area contributed by atoms with Gasteiger partial charge < -0.3 is 0 Å². The molecule has 0 aromatic heterocycles. The van der Waals surface area contributed by atoms with Crippen molar-refractivity contribution in [1.82, 2.24) is 9.44 Å². The molecule has 0 bridgehead atoms. The number of carbonyl (C=O) groups excluding carboxylic acids is 2. The maximum Gasteiger partial charge on any atom is 0.264 e. The van der Waals surface area contributed by atoms with Crippen LogP contribution in [-0.4, -0.2) is 28.6 Å². The smallest absolute Gasteiger partial charge is 0.264 e. The SMILES string of the molecule is Cc1ccc(S(=O)(=O)NC(=O)CCCCCCC(=O)NS(=O)(=O)c2ccc(C)cc2)cc1. The first-order chi connectivity index (χ1) is 15.0. The molecule has 0 aliphatic rings. The third-order valence-corrected chi connectivity index (χ3v) is 7.49. The van der Waals surface area contributed by atoms with Crippen molar-refractivity contribution < 1.29 is 26.4 Å². The molecule has 0 radical (unpaired) electrons. The molecular weight excluding hydrogens is 452 g/mol. The van der Waals surface area contributed by atoms with Crippen LogP contribution >= 0.6 is 0 Å². The number of benzene rings is 2. The highest BCUT2D eigenvalue weighted by molar-refractivity contribution is 7.90. The summed E-state index contributed by atoms with van der Waals surface area (Å²) in [5, 5.41) is 0. The predicted molar refractivity (Wildman–Crippen MR) is 121 cm³/mol. The minimum atomic E-state index is -3.89. The molecule has 2 aromatic carbocycles. The fraction of sp³-hybridized carbons (Fsp3) is 0.364. The second-order valence-corrected chi connectivity index (χ2v) is 11.0. The highest BCUT2D eigenvalue weighted by Crippen LogP contribution is 2.12. The van der Waals surface area contributed by atoms with Crippen molar-refractivity contribution in [2.45, 2.75) is 62.2 Å². The van der Waals surface area contributed by atoms with E-state index in [0.29, 0.717) is 25.7 Å². The summed E-state index contributed by atoms with van der Waals surface area (Å²) in [6, 6.07) is 12.4. The number of hydrogen-bond acceptors (Lipinski definition) is 6. The molecule has 0 saturated heterocycles. The van der Waals surface area contributed by atoms with Gasteiger partial charge in [0, 0.05) is 12.8 Å². The first kappa shape index (κ1) is 25.5. The third kappa shape index (κ3) is 8.08. The number of nitrogens with one attached hydrogen (secondary N) is 2. The van der Waals surface area contributed by atoms with E-state index in [9.17, 15) is 26.4 Å². The monoisotopic (exact) mass is 480 g/mol. The lowest BCUT2D eigenvalue weighted by Gasteiger charge is -2.08. The number of unbranched alkanes of at least 4 members (excludes halogenated alkanes) is 3. The van der Waals surface area contributed by atoms with Crippen LogP contribution in [0.25, 0.3) is 0 Å². The van der Waals surface area contributed by atoms with Crippen LogP contribution in [0.5, 0.6) is 0 Å². The van der Waals surface area contributed by atoms with E-state index in [1.807, 2.05) is 23.3 Å².